The molecule has 3 aromatic rings. The monoisotopic (exact) mass is 505 g/mol. The number of nitrogens with zero attached hydrogens (tertiary/aromatic N) is 3. The molecule has 0 radical (unpaired) electrons. The Labute approximate surface area is 213 Å². The average molecular weight is 506 g/mol. The first-order valence-electron chi connectivity index (χ1n) is 11.1. The summed E-state index contributed by atoms with van der Waals surface area (Å²) >= 11 is 1.50. The number of hydrogen-bond acceptors (Lipinski definition) is 7. The molecule has 0 aliphatic heterocycles. The Bertz CT molecular complexity index is 1200. The number of anilines is 1. The van der Waals surface area contributed by atoms with E-state index in [0.29, 0.717) is 11.5 Å². The van der Waals surface area contributed by atoms with Gasteiger partial charge in [0, 0.05) is 49.0 Å². The molecule has 0 spiro atoms. The molecule has 0 aliphatic rings. The van der Waals surface area contributed by atoms with Crippen LogP contribution >= 0.6 is 11.8 Å². The van der Waals surface area contributed by atoms with Crippen molar-refractivity contribution in [1.82, 2.24) is 10.7 Å². The molecule has 186 valence electrons. The molecule has 10 heteroatoms. The number of thioether (sulfide) groups is 1. The predicted octanol–water partition coefficient (Wildman–Crippen LogP) is 3.84. The van der Waals surface area contributed by atoms with Crippen LogP contribution in [0.1, 0.15) is 21.5 Å². The molecule has 0 bridgehead atoms. The molecular weight excluding hydrogens is 478 g/mol. The molecule has 0 saturated heterocycles. The van der Waals surface area contributed by atoms with Gasteiger partial charge in [0.15, 0.2) is 0 Å². The van der Waals surface area contributed by atoms with Crippen LogP contribution in [0.25, 0.3) is 0 Å². The smallest absolute Gasteiger partial charge is 0.269 e. The van der Waals surface area contributed by atoms with Gasteiger partial charge in [0.2, 0.25) is 0 Å². The third kappa shape index (κ3) is 7.95. The summed E-state index contributed by atoms with van der Waals surface area (Å²) in [5.41, 5.74) is 5.55. The van der Waals surface area contributed by atoms with Crippen molar-refractivity contribution in [1.29, 1.82) is 0 Å². The van der Waals surface area contributed by atoms with Crippen LogP contribution in [0.15, 0.2) is 84.0 Å². The summed E-state index contributed by atoms with van der Waals surface area (Å²) in [4.78, 5) is 37.9. The van der Waals surface area contributed by atoms with Crippen molar-refractivity contribution in [2.24, 2.45) is 5.10 Å². The summed E-state index contributed by atoms with van der Waals surface area (Å²) in [6.45, 7) is 0. The van der Waals surface area contributed by atoms with Crippen LogP contribution in [0.2, 0.25) is 0 Å². The highest BCUT2D eigenvalue weighted by Gasteiger charge is 2.22. The number of nitro groups is 1. The average Bonchev–Trinajstić information content (AvgIpc) is 2.89. The SMILES string of the molecule is CN(C)c1ccc(/C=N\NC(=O)[C@@H](CSCc2ccccc2)NC(=O)c2ccc([N+](=O)[O-])cc2)cc1. The summed E-state index contributed by atoms with van der Waals surface area (Å²) in [5.74, 6) is 0.00652. The van der Waals surface area contributed by atoms with Gasteiger partial charge >= 0.3 is 0 Å². The number of carbonyl (C=O) groups is 2. The van der Waals surface area contributed by atoms with Crippen molar-refractivity contribution >= 4 is 41.2 Å². The van der Waals surface area contributed by atoms with Gasteiger partial charge in [0.05, 0.1) is 11.1 Å². The molecule has 3 aromatic carbocycles. The van der Waals surface area contributed by atoms with Crippen LogP contribution in [0, 0.1) is 10.1 Å². The Morgan fingerprint density at radius 3 is 2.31 bits per heavy atom. The molecule has 0 unspecified atom stereocenters. The van der Waals surface area contributed by atoms with Crippen molar-refractivity contribution in [2.75, 3.05) is 24.7 Å². The fourth-order valence-corrected chi connectivity index (χ4v) is 4.15. The lowest BCUT2D eigenvalue weighted by molar-refractivity contribution is -0.384. The van der Waals surface area contributed by atoms with E-state index in [9.17, 15) is 19.7 Å². The van der Waals surface area contributed by atoms with E-state index in [-0.39, 0.29) is 11.3 Å². The number of nitrogens with one attached hydrogen (secondary N) is 2. The normalized spacial score (nSPS) is 11.6. The van der Waals surface area contributed by atoms with Crippen LogP contribution in [0.3, 0.4) is 0 Å². The number of rotatable bonds is 11. The van der Waals surface area contributed by atoms with Crippen molar-refractivity contribution in [3.63, 3.8) is 0 Å². The number of hydrogen-bond donors (Lipinski definition) is 2. The van der Waals surface area contributed by atoms with E-state index < -0.39 is 22.8 Å². The first kappa shape index (κ1) is 26.4. The highest BCUT2D eigenvalue weighted by Crippen LogP contribution is 2.15. The third-order valence-electron chi connectivity index (χ3n) is 5.16. The summed E-state index contributed by atoms with van der Waals surface area (Å²) in [6.07, 6.45) is 1.53. The van der Waals surface area contributed by atoms with Crippen LogP contribution in [-0.2, 0) is 10.5 Å². The highest BCUT2D eigenvalue weighted by atomic mass is 32.2. The molecule has 36 heavy (non-hydrogen) atoms. The van der Waals surface area contributed by atoms with E-state index >= 15 is 0 Å². The van der Waals surface area contributed by atoms with E-state index in [1.54, 1.807) is 0 Å². The number of amides is 2. The Morgan fingerprint density at radius 2 is 1.69 bits per heavy atom. The molecule has 0 aliphatic carbocycles. The Morgan fingerprint density at radius 1 is 1.03 bits per heavy atom. The third-order valence-corrected chi connectivity index (χ3v) is 6.26. The van der Waals surface area contributed by atoms with Crippen molar-refractivity contribution in [3.05, 3.63) is 106 Å². The quantitative estimate of drug-likeness (QED) is 0.232. The Kier molecular flexibility index (Phi) is 9.58. The zero-order valence-corrected chi connectivity index (χ0v) is 20.8. The minimum atomic E-state index is -0.866. The number of nitro benzene ring substituents is 1. The van der Waals surface area contributed by atoms with Crippen LogP contribution in [-0.4, -0.2) is 48.8 Å². The second kappa shape index (κ2) is 13.1. The number of carbonyl (C=O) groups excluding carboxylic acids is 2. The van der Waals surface area contributed by atoms with Crippen molar-refractivity contribution < 1.29 is 14.5 Å². The second-order valence-electron chi connectivity index (χ2n) is 8.05. The lowest BCUT2D eigenvalue weighted by atomic mass is 10.2. The van der Waals surface area contributed by atoms with Gasteiger partial charge in [0.1, 0.15) is 6.04 Å². The topological polar surface area (TPSA) is 117 Å². The maximum atomic E-state index is 12.9. The minimum Gasteiger partial charge on any atom is -0.378 e. The Balaban J connectivity index is 1.65. The lowest BCUT2D eigenvalue weighted by Gasteiger charge is -2.17. The summed E-state index contributed by atoms with van der Waals surface area (Å²) in [5, 5.41) is 17.6. The lowest BCUT2D eigenvalue weighted by Crippen LogP contribution is -2.47. The van der Waals surface area contributed by atoms with E-state index in [2.05, 4.69) is 15.8 Å². The first-order valence-corrected chi connectivity index (χ1v) is 12.3. The molecule has 3 rings (SSSR count). The van der Waals surface area contributed by atoms with Crippen LogP contribution in [0.4, 0.5) is 11.4 Å². The van der Waals surface area contributed by atoms with Gasteiger partial charge < -0.3 is 10.2 Å². The summed E-state index contributed by atoms with van der Waals surface area (Å²) in [6, 6.07) is 21.8. The molecule has 2 amide bonds. The fourth-order valence-electron chi connectivity index (χ4n) is 3.13. The number of hydrazone groups is 1. The van der Waals surface area contributed by atoms with Gasteiger partial charge in [0.25, 0.3) is 17.5 Å². The fraction of sp³-hybridized carbons (Fsp3) is 0.192. The molecule has 1 atom stereocenters. The van der Waals surface area contributed by atoms with Gasteiger partial charge in [-0.1, -0.05) is 42.5 Å². The Hall–Kier alpha value is -4.18. The maximum absolute atomic E-state index is 12.9. The summed E-state index contributed by atoms with van der Waals surface area (Å²) < 4.78 is 0. The van der Waals surface area contributed by atoms with Crippen LogP contribution < -0.4 is 15.6 Å². The van der Waals surface area contributed by atoms with Gasteiger partial charge in [-0.3, -0.25) is 19.7 Å². The molecule has 9 nitrogen and oxygen atoms in total. The zero-order valence-electron chi connectivity index (χ0n) is 20.0. The molecule has 0 heterocycles. The number of benzene rings is 3. The molecular formula is C26H27N5O4S. The largest absolute Gasteiger partial charge is 0.378 e. The van der Waals surface area contributed by atoms with Crippen LogP contribution in [0.5, 0.6) is 0 Å². The molecule has 0 saturated carbocycles. The zero-order chi connectivity index (χ0) is 25.9. The van der Waals surface area contributed by atoms with E-state index in [1.807, 2.05) is 73.6 Å². The van der Waals surface area contributed by atoms with Gasteiger partial charge in [-0.25, -0.2) is 5.43 Å². The molecule has 0 aromatic heterocycles. The van der Waals surface area contributed by atoms with E-state index in [4.69, 9.17) is 0 Å². The van der Waals surface area contributed by atoms with Gasteiger partial charge in [-0.15, -0.1) is 0 Å². The van der Waals surface area contributed by atoms with Gasteiger partial charge in [-0.05, 0) is 35.4 Å². The predicted molar refractivity (Wildman–Crippen MR) is 143 cm³/mol. The summed E-state index contributed by atoms with van der Waals surface area (Å²) in [7, 11) is 3.90. The van der Waals surface area contributed by atoms with E-state index in [1.165, 1.54) is 42.2 Å². The van der Waals surface area contributed by atoms with E-state index in [0.717, 1.165) is 16.8 Å². The maximum Gasteiger partial charge on any atom is 0.269 e. The molecule has 2 N–H and O–H groups in total. The second-order valence-corrected chi connectivity index (χ2v) is 9.08. The highest BCUT2D eigenvalue weighted by molar-refractivity contribution is 7.98. The first-order chi connectivity index (χ1) is 17.3. The number of non-ortho nitro benzene ring substituents is 1. The van der Waals surface area contributed by atoms with Gasteiger partial charge in [-0.2, -0.15) is 16.9 Å². The minimum absolute atomic E-state index is 0.118. The van der Waals surface area contributed by atoms with Crippen molar-refractivity contribution in [2.45, 2.75) is 11.8 Å². The molecule has 0 fully saturated rings. The van der Waals surface area contributed by atoms with Crippen molar-refractivity contribution in [3.8, 4) is 0 Å². The standard InChI is InChI=1S/C26H27N5O4S/c1-30(2)22-12-8-19(9-13-22)16-27-29-26(33)24(18-36-17-20-6-4-3-5-7-20)28-25(32)21-10-14-23(15-11-21)31(34)35/h3-16,24H,17-18H2,1-2H3,(H,28,32)(H,29,33)/b27-16-/t24-/m1/s1.